The van der Waals surface area contributed by atoms with Gasteiger partial charge in [-0.25, -0.2) is 4.98 Å². The van der Waals surface area contributed by atoms with E-state index in [1.165, 1.54) is 19.3 Å². The summed E-state index contributed by atoms with van der Waals surface area (Å²) in [5.74, 6) is 1.21. The second kappa shape index (κ2) is 7.05. The molecule has 22 heavy (non-hydrogen) atoms. The molecule has 0 radical (unpaired) electrons. The van der Waals surface area contributed by atoms with E-state index in [0.717, 1.165) is 45.0 Å². The standard InChI is InChI=1S/C16H25N5O/c1-19-8-4-2-3-5-14(19)16(22)21-11-9-20(10-12-21)15-13-17-6-7-18-15/h6-7,13-14H,2-5,8-12H2,1H3. The van der Waals surface area contributed by atoms with Gasteiger partial charge in [-0.15, -0.1) is 0 Å². The third kappa shape index (κ3) is 3.38. The highest BCUT2D eigenvalue weighted by atomic mass is 16.2. The normalized spacial score (nSPS) is 24.1. The predicted octanol–water partition coefficient (Wildman–Crippen LogP) is 1.000. The molecule has 6 heteroatoms. The van der Waals surface area contributed by atoms with E-state index in [2.05, 4.69) is 26.8 Å². The molecule has 2 aliphatic heterocycles. The van der Waals surface area contributed by atoms with Crippen molar-refractivity contribution in [3.05, 3.63) is 18.6 Å². The van der Waals surface area contributed by atoms with E-state index in [0.29, 0.717) is 5.91 Å². The predicted molar refractivity (Wildman–Crippen MR) is 85.7 cm³/mol. The third-order valence-corrected chi connectivity index (χ3v) is 4.77. The molecule has 0 aromatic carbocycles. The maximum absolute atomic E-state index is 12.8. The van der Waals surface area contributed by atoms with Crippen LogP contribution in [0.15, 0.2) is 18.6 Å². The van der Waals surface area contributed by atoms with Gasteiger partial charge in [0.25, 0.3) is 0 Å². The maximum Gasteiger partial charge on any atom is 0.240 e. The number of aromatic nitrogens is 2. The number of carbonyl (C=O) groups is 1. The molecule has 2 fully saturated rings. The Bertz CT molecular complexity index is 487. The molecule has 0 bridgehead atoms. The van der Waals surface area contributed by atoms with E-state index in [9.17, 15) is 4.79 Å². The third-order valence-electron chi connectivity index (χ3n) is 4.77. The highest BCUT2D eigenvalue weighted by molar-refractivity contribution is 5.82. The van der Waals surface area contributed by atoms with E-state index in [4.69, 9.17) is 0 Å². The number of rotatable bonds is 2. The fourth-order valence-electron chi connectivity index (χ4n) is 3.39. The lowest BCUT2D eigenvalue weighted by Crippen LogP contribution is -2.54. The van der Waals surface area contributed by atoms with E-state index < -0.39 is 0 Å². The zero-order valence-electron chi connectivity index (χ0n) is 13.3. The summed E-state index contributed by atoms with van der Waals surface area (Å²) in [6.07, 6.45) is 9.81. The van der Waals surface area contributed by atoms with Gasteiger partial charge in [-0.1, -0.05) is 12.8 Å². The summed E-state index contributed by atoms with van der Waals surface area (Å²) in [7, 11) is 2.09. The van der Waals surface area contributed by atoms with Gasteiger partial charge >= 0.3 is 0 Å². The number of hydrogen-bond acceptors (Lipinski definition) is 5. The Labute approximate surface area is 132 Å². The van der Waals surface area contributed by atoms with Crippen molar-refractivity contribution in [1.29, 1.82) is 0 Å². The molecule has 1 amide bonds. The lowest BCUT2D eigenvalue weighted by atomic mass is 10.1. The molecule has 120 valence electrons. The molecule has 0 spiro atoms. The van der Waals surface area contributed by atoms with Crippen LogP contribution in [-0.2, 0) is 4.79 Å². The van der Waals surface area contributed by atoms with Gasteiger partial charge in [0.05, 0.1) is 12.2 Å². The van der Waals surface area contributed by atoms with Crippen molar-refractivity contribution in [2.24, 2.45) is 0 Å². The van der Waals surface area contributed by atoms with Gasteiger partial charge in [0.2, 0.25) is 5.91 Å². The Morgan fingerprint density at radius 3 is 2.64 bits per heavy atom. The molecule has 2 saturated heterocycles. The lowest BCUT2D eigenvalue weighted by Gasteiger charge is -2.38. The quantitative estimate of drug-likeness (QED) is 0.816. The number of hydrogen-bond donors (Lipinski definition) is 0. The van der Waals surface area contributed by atoms with Gasteiger partial charge in [-0.3, -0.25) is 14.7 Å². The van der Waals surface area contributed by atoms with Crippen LogP contribution in [0, 0.1) is 0 Å². The van der Waals surface area contributed by atoms with Crippen LogP contribution in [0.25, 0.3) is 0 Å². The number of anilines is 1. The second-order valence-corrected chi connectivity index (χ2v) is 6.22. The van der Waals surface area contributed by atoms with Gasteiger partial charge in [0.1, 0.15) is 5.82 Å². The first-order chi connectivity index (χ1) is 10.8. The highest BCUT2D eigenvalue weighted by Crippen LogP contribution is 2.19. The van der Waals surface area contributed by atoms with Gasteiger partial charge in [-0.05, 0) is 26.4 Å². The molecule has 1 aromatic rings. The first-order valence-corrected chi connectivity index (χ1v) is 8.26. The fraction of sp³-hybridized carbons (Fsp3) is 0.688. The van der Waals surface area contributed by atoms with Gasteiger partial charge in [0, 0.05) is 38.6 Å². The minimum Gasteiger partial charge on any atom is -0.352 e. The van der Waals surface area contributed by atoms with Crippen molar-refractivity contribution in [3.63, 3.8) is 0 Å². The number of piperazine rings is 1. The molecule has 0 N–H and O–H groups in total. The Hall–Kier alpha value is -1.69. The van der Waals surface area contributed by atoms with Crippen LogP contribution in [-0.4, -0.2) is 71.5 Å². The van der Waals surface area contributed by atoms with E-state index in [-0.39, 0.29) is 6.04 Å². The van der Waals surface area contributed by atoms with Crippen LogP contribution >= 0.6 is 0 Å². The molecular weight excluding hydrogens is 278 g/mol. The Balaban J connectivity index is 1.57. The number of likely N-dealkylation sites (N-methyl/N-ethyl adjacent to an activating group) is 1. The van der Waals surface area contributed by atoms with Crippen LogP contribution < -0.4 is 4.90 Å². The van der Waals surface area contributed by atoms with Gasteiger partial charge < -0.3 is 9.80 Å². The van der Waals surface area contributed by atoms with Crippen LogP contribution in [0.4, 0.5) is 5.82 Å². The van der Waals surface area contributed by atoms with Gasteiger partial charge in [0.15, 0.2) is 0 Å². The summed E-state index contributed by atoms with van der Waals surface area (Å²) < 4.78 is 0. The smallest absolute Gasteiger partial charge is 0.240 e. The van der Waals surface area contributed by atoms with Crippen molar-refractivity contribution in [1.82, 2.24) is 19.8 Å². The molecule has 6 nitrogen and oxygen atoms in total. The SMILES string of the molecule is CN1CCCCCC1C(=O)N1CCN(c2cnccn2)CC1. The van der Waals surface area contributed by atoms with Crippen molar-refractivity contribution in [2.45, 2.75) is 31.7 Å². The number of amides is 1. The Morgan fingerprint density at radius 1 is 1.09 bits per heavy atom. The summed E-state index contributed by atoms with van der Waals surface area (Å²) in [5.41, 5.74) is 0. The first kappa shape index (κ1) is 15.2. The Morgan fingerprint density at radius 2 is 1.91 bits per heavy atom. The average molecular weight is 303 g/mol. The monoisotopic (exact) mass is 303 g/mol. The van der Waals surface area contributed by atoms with Crippen molar-refractivity contribution in [3.8, 4) is 0 Å². The second-order valence-electron chi connectivity index (χ2n) is 6.22. The molecule has 3 rings (SSSR count). The maximum atomic E-state index is 12.8. The highest BCUT2D eigenvalue weighted by Gasteiger charge is 2.30. The molecule has 1 aromatic heterocycles. The van der Waals surface area contributed by atoms with Gasteiger partial charge in [-0.2, -0.15) is 0 Å². The molecule has 2 aliphatic rings. The zero-order valence-corrected chi connectivity index (χ0v) is 13.3. The van der Waals surface area contributed by atoms with Crippen molar-refractivity contribution >= 4 is 11.7 Å². The molecule has 1 unspecified atom stereocenters. The summed E-state index contributed by atoms with van der Waals surface area (Å²) >= 11 is 0. The van der Waals surface area contributed by atoms with Crippen LogP contribution in [0.2, 0.25) is 0 Å². The summed E-state index contributed by atoms with van der Waals surface area (Å²) in [4.78, 5) is 27.7. The number of nitrogens with zero attached hydrogens (tertiary/aromatic N) is 5. The zero-order chi connectivity index (χ0) is 15.4. The van der Waals surface area contributed by atoms with Crippen molar-refractivity contribution in [2.75, 3.05) is 44.7 Å². The molecule has 3 heterocycles. The largest absolute Gasteiger partial charge is 0.352 e. The minimum absolute atomic E-state index is 0.0746. The topological polar surface area (TPSA) is 52.6 Å². The number of likely N-dealkylation sites (tertiary alicyclic amines) is 1. The molecule has 0 aliphatic carbocycles. The molecule has 1 atom stereocenters. The van der Waals surface area contributed by atoms with E-state index in [1.54, 1.807) is 18.6 Å². The number of carbonyl (C=O) groups excluding carboxylic acids is 1. The van der Waals surface area contributed by atoms with Crippen molar-refractivity contribution < 1.29 is 4.79 Å². The first-order valence-electron chi connectivity index (χ1n) is 8.26. The molecular formula is C16H25N5O. The lowest BCUT2D eigenvalue weighted by molar-refractivity contribution is -0.136. The average Bonchev–Trinajstić information content (AvgIpc) is 2.80. The minimum atomic E-state index is 0.0746. The van der Waals surface area contributed by atoms with E-state index >= 15 is 0 Å². The summed E-state index contributed by atoms with van der Waals surface area (Å²) in [6.45, 7) is 4.26. The summed E-state index contributed by atoms with van der Waals surface area (Å²) in [6, 6.07) is 0.0746. The molecule has 0 saturated carbocycles. The van der Waals surface area contributed by atoms with E-state index in [1.807, 2.05) is 4.90 Å². The van der Waals surface area contributed by atoms with Crippen LogP contribution in [0.5, 0.6) is 0 Å². The van der Waals surface area contributed by atoms with Crippen LogP contribution in [0.3, 0.4) is 0 Å². The summed E-state index contributed by atoms with van der Waals surface area (Å²) in [5, 5.41) is 0. The van der Waals surface area contributed by atoms with Crippen LogP contribution in [0.1, 0.15) is 25.7 Å². The fourth-order valence-corrected chi connectivity index (χ4v) is 3.39. The Kier molecular flexibility index (Phi) is 4.87.